The maximum atomic E-state index is 12.8. The number of carbonyl (C=O) groups is 2. The third kappa shape index (κ3) is 6.69. The van der Waals surface area contributed by atoms with Gasteiger partial charge in [0.1, 0.15) is 11.1 Å². The fourth-order valence-electron chi connectivity index (χ4n) is 4.56. The summed E-state index contributed by atoms with van der Waals surface area (Å²) < 4.78 is 11.6. The average molecular weight is 558 g/mol. The number of oxazole rings is 1. The summed E-state index contributed by atoms with van der Waals surface area (Å²) in [5.74, 6) is -0.0414. The van der Waals surface area contributed by atoms with E-state index in [4.69, 9.17) is 9.15 Å². The Morgan fingerprint density at radius 1 is 1.02 bits per heavy atom. The number of amides is 2. The maximum absolute atomic E-state index is 12.8. The van der Waals surface area contributed by atoms with Gasteiger partial charge in [0.2, 0.25) is 5.89 Å². The number of benzene rings is 3. The van der Waals surface area contributed by atoms with E-state index in [1.165, 1.54) is 24.3 Å². The molecule has 2 amide bonds. The molecule has 4 aromatic rings. The first-order valence-electron chi connectivity index (χ1n) is 13.3. The average Bonchev–Trinajstić information content (AvgIpc) is 3.36. The van der Waals surface area contributed by atoms with Crippen LogP contribution in [0.2, 0.25) is 0 Å². The van der Waals surface area contributed by atoms with Gasteiger partial charge >= 0.3 is 6.09 Å². The molecule has 0 saturated carbocycles. The summed E-state index contributed by atoms with van der Waals surface area (Å²) >= 11 is 0. The monoisotopic (exact) mass is 557 g/mol. The number of para-hydroxylation sites is 1. The zero-order valence-electron chi connectivity index (χ0n) is 23.1. The highest BCUT2D eigenvalue weighted by molar-refractivity contribution is 6.06. The van der Waals surface area contributed by atoms with E-state index < -0.39 is 16.4 Å². The summed E-state index contributed by atoms with van der Waals surface area (Å²) in [7, 11) is 0. The molecule has 1 saturated heterocycles. The number of aromatic nitrogens is 1. The largest absolute Gasteiger partial charge is 0.444 e. The molecule has 1 aliphatic rings. The SMILES string of the molecule is CC(C)(C)OC(=O)N1CCN(Cc2ccc3nc(-c4ccccc4NC(=O)c4ccc([N+](=O)[O-])cc4)oc3c2)CC1. The number of nitro benzene ring substituents is 1. The first-order chi connectivity index (χ1) is 19.6. The normalized spacial score (nSPS) is 14.2. The molecule has 5 rings (SSSR count). The number of piperazine rings is 1. The fraction of sp³-hybridized carbons (Fsp3) is 0.300. The lowest BCUT2D eigenvalue weighted by molar-refractivity contribution is -0.384. The number of carbonyl (C=O) groups excluding carboxylic acids is 2. The van der Waals surface area contributed by atoms with Crippen LogP contribution < -0.4 is 5.32 Å². The molecule has 0 spiro atoms. The highest BCUT2D eigenvalue weighted by Crippen LogP contribution is 2.31. The topological polar surface area (TPSA) is 131 Å². The maximum Gasteiger partial charge on any atom is 0.410 e. The van der Waals surface area contributed by atoms with Gasteiger partial charge in [-0.15, -0.1) is 0 Å². The van der Waals surface area contributed by atoms with Crippen LogP contribution in [0.25, 0.3) is 22.6 Å². The van der Waals surface area contributed by atoms with Crippen molar-refractivity contribution in [3.05, 3.63) is 88.0 Å². The van der Waals surface area contributed by atoms with Crippen LogP contribution in [-0.4, -0.2) is 63.5 Å². The third-order valence-corrected chi connectivity index (χ3v) is 6.63. The predicted octanol–water partition coefficient (Wildman–Crippen LogP) is 5.71. The minimum absolute atomic E-state index is 0.0872. The quantitative estimate of drug-likeness (QED) is 0.236. The van der Waals surface area contributed by atoms with Gasteiger partial charge in [0.25, 0.3) is 11.6 Å². The summed E-state index contributed by atoms with van der Waals surface area (Å²) in [6.07, 6.45) is -0.281. The van der Waals surface area contributed by atoms with Crippen molar-refractivity contribution in [3.63, 3.8) is 0 Å². The number of ether oxygens (including phenoxy) is 1. The Hall–Kier alpha value is -4.77. The summed E-state index contributed by atoms with van der Waals surface area (Å²) in [6, 6.07) is 18.5. The van der Waals surface area contributed by atoms with Crippen molar-refractivity contribution in [2.45, 2.75) is 32.9 Å². The smallest absolute Gasteiger partial charge is 0.410 e. The van der Waals surface area contributed by atoms with E-state index in [-0.39, 0.29) is 11.8 Å². The molecular formula is C30H31N5O6. The number of nitro groups is 1. The Morgan fingerprint density at radius 3 is 2.41 bits per heavy atom. The molecule has 1 N–H and O–H groups in total. The molecule has 0 radical (unpaired) electrons. The molecule has 0 unspecified atom stereocenters. The lowest BCUT2D eigenvalue weighted by atomic mass is 10.1. The zero-order chi connectivity index (χ0) is 29.1. The lowest BCUT2D eigenvalue weighted by Gasteiger charge is -2.35. The van der Waals surface area contributed by atoms with Gasteiger partial charge in [-0.05, 0) is 62.7 Å². The van der Waals surface area contributed by atoms with Gasteiger partial charge in [-0.2, -0.15) is 0 Å². The van der Waals surface area contributed by atoms with Crippen molar-refractivity contribution in [3.8, 4) is 11.5 Å². The molecule has 0 aliphatic carbocycles. The van der Waals surface area contributed by atoms with E-state index >= 15 is 0 Å². The van der Waals surface area contributed by atoms with Gasteiger partial charge in [-0.25, -0.2) is 9.78 Å². The van der Waals surface area contributed by atoms with E-state index in [9.17, 15) is 19.7 Å². The molecule has 1 aromatic heterocycles. The van der Waals surface area contributed by atoms with Crippen LogP contribution in [0.15, 0.2) is 71.1 Å². The molecule has 3 aromatic carbocycles. The van der Waals surface area contributed by atoms with Crippen molar-refractivity contribution in [1.29, 1.82) is 0 Å². The number of anilines is 1. The number of fused-ring (bicyclic) bond motifs is 1. The van der Waals surface area contributed by atoms with Crippen molar-refractivity contribution in [2.75, 3.05) is 31.5 Å². The third-order valence-electron chi connectivity index (χ3n) is 6.63. The van der Waals surface area contributed by atoms with E-state index in [0.717, 1.165) is 18.7 Å². The Balaban J connectivity index is 1.26. The standard InChI is InChI=1S/C30H31N5O6/c1-30(2,3)41-29(37)34-16-14-33(15-17-34)19-20-8-13-25-26(18-20)40-28(32-25)23-6-4-5-7-24(23)31-27(36)21-9-11-22(12-10-21)35(38)39/h4-13,18H,14-17,19H2,1-3H3,(H,31,36). The van der Waals surface area contributed by atoms with E-state index in [1.807, 2.05) is 45.0 Å². The van der Waals surface area contributed by atoms with Gasteiger partial charge in [0, 0.05) is 50.4 Å². The number of non-ortho nitro benzene ring substituents is 1. The summed E-state index contributed by atoms with van der Waals surface area (Å²) in [4.78, 5) is 44.2. The van der Waals surface area contributed by atoms with Crippen LogP contribution >= 0.6 is 0 Å². The highest BCUT2D eigenvalue weighted by Gasteiger charge is 2.26. The van der Waals surface area contributed by atoms with Crippen LogP contribution in [0, 0.1) is 10.1 Å². The number of hydrogen-bond donors (Lipinski definition) is 1. The molecule has 0 atom stereocenters. The molecule has 11 heteroatoms. The van der Waals surface area contributed by atoms with Crippen molar-refractivity contribution < 1.29 is 23.7 Å². The number of nitrogens with zero attached hydrogens (tertiary/aromatic N) is 4. The van der Waals surface area contributed by atoms with Crippen LogP contribution in [0.4, 0.5) is 16.2 Å². The van der Waals surface area contributed by atoms with Gasteiger partial charge in [0.15, 0.2) is 5.58 Å². The van der Waals surface area contributed by atoms with E-state index in [2.05, 4.69) is 15.2 Å². The molecular weight excluding hydrogens is 526 g/mol. The zero-order valence-corrected chi connectivity index (χ0v) is 23.1. The summed E-state index contributed by atoms with van der Waals surface area (Å²) in [5.41, 5.74) is 3.18. The molecule has 1 fully saturated rings. The van der Waals surface area contributed by atoms with Gasteiger partial charge in [-0.3, -0.25) is 19.8 Å². The lowest BCUT2D eigenvalue weighted by Crippen LogP contribution is -2.49. The van der Waals surface area contributed by atoms with Crippen LogP contribution in [0.3, 0.4) is 0 Å². The predicted molar refractivity (Wildman–Crippen MR) is 154 cm³/mol. The van der Waals surface area contributed by atoms with Gasteiger partial charge < -0.3 is 19.4 Å². The Bertz CT molecular complexity index is 1580. The second-order valence-electron chi connectivity index (χ2n) is 10.9. The molecule has 41 heavy (non-hydrogen) atoms. The van der Waals surface area contributed by atoms with Crippen LogP contribution in [-0.2, 0) is 11.3 Å². The Labute approximate surface area is 236 Å². The fourth-order valence-corrected chi connectivity index (χ4v) is 4.56. The van der Waals surface area contributed by atoms with Crippen molar-refractivity contribution in [1.82, 2.24) is 14.8 Å². The highest BCUT2D eigenvalue weighted by atomic mass is 16.6. The molecule has 11 nitrogen and oxygen atoms in total. The second kappa shape index (κ2) is 11.4. The van der Waals surface area contributed by atoms with Crippen LogP contribution in [0.1, 0.15) is 36.7 Å². The first kappa shape index (κ1) is 27.8. The van der Waals surface area contributed by atoms with Crippen LogP contribution in [0.5, 0.6) is 0 Å². The van der Waals surface area contributed by atoms with E-state index in [0.29, 0.717) is 53.4 Å². The molecule has 1 aliphatic heterocycles. The number of hydrogen-bond acceptors (Lipinski definition) is 8. The van der Waals surface area contributed by atoms with Crippen molar-refractivity contribution in [2.24, 2.45) is 0 Å². The summed E-state index contributed by atoms with van der Waals surface area (Å²) in [5, 5.41) is 13.8. The number of nitrogens with one attached hydrogen (secondary N) is 1. The van der Waals surface area contributed by atoms with Gasteiger partial charge in [0.05, 0.1) is 16.2 Å². The Kier molecular flexibility index (Phi) is 7.71. The number of rotatable bonds is 6. The molecule has 212 valence electrons. The van der Waals surface area contributed by atoms with Crippen molar-refractivity contribution >= 4 is 34.5 Å². The second-order valence-corrected chi connectivity index (χ2v) is 10.9. The first-order valence-corrected chi connectivity index (χ1v) is 13.3. The van der Waals surface area contributed by atoms with E-state index in [1.54, 1.807) is 23.1 Å². The molecule has 0 bridgehead atoms. The Morgan fingerprint density at radius 2 is 1.73 bits per heavy atom. The summed E-state index contributed by atoms with van der Waals surface area (Å²) in [6.45, 7) is 8.98. The van der Waals surface area contributed by atoms with Gasteiger partial charge in [-0.1, -0.05) is 18.2 Å². The molecule has 2 heterocycles. The minimum Gasteiger partial charge on any atom is -0.444 e. The minimum atomic E-state index is -0.515.